The Morgan fingerprint density at radius 2 is 1.88 bits per heavy atom. The van der Waals surface area contributed by atoms with E-state index in [1.807, 2.05) is 31.2 Å². The van der Waals surface area contributed by atoms with Crippen molar-refractivity contribution in [1.29, 1.82) is 0 Å². The maximum absolute atomic E-state index is 14.9. The Morgan fingerprint density at radius 3 is 2.53 bits per heavy atom. The quantitative estimate of drug-likeness (QED) is 0.462. The SMILES string of the molecule is Cc1cccc(Cc2nc3c(Cl)cc(F)c(-n4c(=O)cc(C(F)(F)F)n(C)c4=O)c3[nH]2)c1. The summed E-state index contributed by atoms with van der Waals surface area (Å²) >= 11 is 6.12. The highest BCUT2D eigenvalue weighted by Crippen LogP contribution is 2.30. The normalized spacial score (nSPS) is 12.0. The molecule has 0 saturated carbocycles. The van der Waals surface area contributed by atoms with E-state index >= 15 is 0 Å². The Morgan fingerprint density at radius 1 is 1.16 bits per heavy atom. The molecule has 4 aromatic rings. The third kappa shape index (κ3) is 3.70. The van der Waals surface area contributed by atoms with Crippen molar-refractivity contribution in [1.82, 2.24) is 19.1 Å². The number of aromatic nitrogens is 4. The van der Waals surface area contributed by atoms with Gasteiger partial charge in [-0.15, -0.1) is 0 Å². The van der Waals surface area contributed by atoms with Crippen molar-refractivity contribution >= 4 is 22.6 Å². The molecule has 0 bridgehead atoms. The summed E-state index contributed by atoms with van der Waals surface area (Å²) in [7, 11) is 0.849. The molecule has 4 rings (SSSR count). The number of nitrogens with one attached hydrogen (secondary N) is 1. The smallest absolute Gasteiger partial charge is 0.340 e. The minimum Gasteiger partial charge on any atom is -0.340 e. The Bertz CT molecular complexity index is 1480. The second kappa shape index (κ2) is 7.63. The van der Waals surface area contributed by atoms with E-state index in [4.69, 9.17) is 11.6 Å². The van der Waals surface area contributed by atoms with Gasteiger partial charge in [-0.3, -0.25) is 9.36 Å². The summed E-state index contributed by atoms with van der Waals surface area (Å²) in [6, 6.07) is 8.66. The second-order valence-electron chi connectivity index (χ2n) is 7.30. The molecule has 0 aliphatic heterocycles. The summed E-state index contributed by atoms with van der Waals surface area (Å²) in [6.45, 7) is 1.92. The van der Waals surface area contributed by atoms with E-state index in [0.717, 1.165) is 24.2 Å². The number of halogens is 5. The molecule has 6 nitrogen and oxygen atoms in total. The number of alkyl halides is 3. The van der Waals surface area contributed by atoms with Gasteiger partial charge in [0, 0.05) is 19.5 Å². The maximum atomic E-state index is 14.9. The van der Waals surface area contributed by atoms with Crippen LogP contribution in [0, 0.1) is 12.7 Å². The summed E-state index contributed by atoms with van der Waals surface area (Å²) in [6.07, 6.45) is -4.62. The van der Waals surface area contributed by atoms with Crippen LogP contribution in [0.3, 0.4) is 0 Å². The summed E-state index contributed by atoms with van der Waals surface area (Å²) in [5.74, 6) is -0.691. The number of H-pyrrole nitrogens is 1. The fourth-order valence-electron chi connectivity index (χ4n) is 3.56. The van der Waals surface area contributed by atoms with Crippen molar-refractivity contribution in [2.75, 3.05) is 0 Å². The van der Waals surface area contributed by atoms with Crippen molar-refractivity contribution in [3.8, 4) is 5.69 Å². The molecule has 166 valence electrons. The number of benzene rings is 2. The molecule has 0 fully saturated rings. The van der Waals surface area contributed by atoms with E-state index in [2.05, 4.69) is 9.97 Å². The number of rotatable bonds is 3. The minimum absolute atomic E-state index is 0.0726. The first-order valence-electron chi connectivity index (χ1n) is 9.30. The van der Waals surface area contributed by atoms with Gasteiger partial charge in [-0.1, -0.05) is 41.4 Å². The predicted molar refractivity (Wildman–Crippen MR) is 111 cm³/mol. The molecule has 0 spiro atoms. The van der Waals surface area contributed by atoms with Crippen molar-refractivity contribution in [2.24, 2.45) is 7.05 Å². The van der Waals surface area contributed by atoms with Crippen LogP contribution in [0.2, 0.25) is 5.02 Å². The van der Waals surface area contributed by atoms with Gasteiger partial charge in [-0.25, -0.2) is 18.7 Å². The van der Waals surface area contributed by atoms with Crippen molar-refractivity contribution in [3.63, 3.8) is 0 Å². The van der Waals surface area contributed by atoms with E-state index in [9.17, 15) is 27.2 Å². The molecule has 0 saturated heterocycles. The van der Waals surface area contributed by atoms with Crippen LogP contribution in [0.15, 0.2) is 46.0 Å². The number of nitrogens with zero attached hydrogens (tertiary/aromatic N) is 3. The average Bonchev–Trinajstić information content (AvgIpc) is 3.10. The minimum atomic E-state index is -4.94. The Kier molecular flexibility index (Phi) is 5.20. The Hall–Kier alpha value is -3.40. The molecule has 0 unspecified atom stereocenters. The van der Waals surface area contributed by atoms with Gasteiger partial charge < -0.3 is 4.98 Å². The number of imidazole rings is 1. The largest absolute Gasteiger partial charge is 0.431 e. The number of hydrogen-bond acceptors (Lipinski definition) is 3. The zero-order valence-electron chi connectivity index (χ0n) is 16.7. The Labute approximate surface area is 182 Å². The molecule has 0 radical (unpaired) electrons. The molecule has 11 heteroatoms. The third-order valence-corrected chi connectivity index (χ3v) is 5.27. The van der Waals surface area contributed by atoms with Gasteiger partial charge in [0.15, 0.2) is 5.82 Å². The molecule has 2 aromatic heterocycles. The molecule has 0 aliphatic carbocycles. The zero-order valence-corrected chi connectivity index (χ0v) is 17.5. The van der Waals surface area contributed by atoms with Crippen molar-refractivity contribution in [3.05, 3.63) is 90.7 Å². The highest BCUT2D eigenvalue weighted by atomic mass is 35.5. The molecule has 1 N–H and O–H groups in total. The second-order valence-corrected chi connectivity index (χ2v) is 7.71. The fraction of sp³-hybridized carbons (Fsp3) is 0.190. The fourth-order valence-corrected chi connectivity index (χ4v) is 3.79. The van der Waals surface area contributed by atoms with Crippen molar-refractivity contribution < 1.29 is 17.6 Å². The first-order chi connectivity index (χ1) is 15.0. The van der Waals surface area contributed by atoms with E-state index in [0.29, 0.717) is 16.8 Å². The first-order valence-corrected chi connectivity index (χ1v) is 9.68. The number of aromatic amines is 1. The molecular formula is C21H15ClF4N4O2. The maximum Gasteiger partial charge on any atom is 0.431 e. The van der Waals surface area contributed by atoms with Crippen LogP contribution in [-0.4, -0.2) is 19.1 Å². The van der Waals surface area contributed by atoms with Gasteiger partial charge in [-0.2, -0.15) is 13.2 Å². The van der Waals surface area contributed by atoms with Crippen LogP contribution < -0.4 is 11.2 Å². The van der Waals surface area contributed by atoms with E-state index in [1.165, 1.54) is 0 Å². The first kappa shape index (κ1) is 21.8. The van der Waals surface area contributed by atoms with Gasteiger partial charge in [0.2, 0.25) is 0 Å². The molecule has 0 aliphatic rings. The van der Waals surface area contributed by atoms with E-state index < -0.39 is 34.6 Å². The molecule has 32 heavy (non-hydrogen) atoms. The average molecular weight is 467 g/mol. The van der Waals surface area contributed by atoms with Gasteiger partial charge in [-0.05, 0) is 18.6 Å². The summed E-state index contributed by atoms with van der Waals surface area (Å²) < 4.78 is 54.9. The lowest BCUT2D eigenvalue weighted by Gasteiger charge is -2.14. The van der Waals surface area contributed by atoms with Crippen LogP contribution >= 0.6 is 11.6 Å². The number of fused-ring (bicyclic) bond motifs is 1. The summed E-state index contributed by atoms with van der Waals surface area (Å²) in [5.41, 5.74) is -2.77. The third-order valence-electron chi connectivity index (χ3n) is 4.98. The van der Waals surface area contributed by atoms with Crippen LogP contribution in [0.25, 0.3) is 16.7 Å². The van der Waals surface area contributed by atoms with Gasteiger partial charge >= 0.3 is 11.9 Å². The van der Waals surface area contributed by atoms with Crippen molar-refractivity contribution in [2.45, 2.75) is 19.5 Å². The summed E-state index contributed by atoms with van der Waals surface area (Å²) in [5, 5.41) is -0.0789. The standard InChI is InChI=1S/C21H15ClF4N4O2/c1-10-4-3-5-11(6-10)7-15-27-17-12(22)8-13(23)19(18(17)28-15)30-16(31)9-14(21(24,25)26)29(2)20(30)32/h3-6,8-9H,7H2,1-2H3,(H,27,28). The molecule has 0 amide bonds. The lowest BCUT2D eigenvalue weighted by Crippen LogP contribution is -2.41. The Balaban J connectivity index is 1.96. The summed E-state index contributed by atoms with van der Waals surface area (Å²) in [4.78, 5) is 32.4. The zero-order chi connectivity index (χ0) is 23.4. The monoisotopic (exact) mass is 466 g/mol. The van der Waals surface area contributed by atoms with Gasteiger partial charge in [0.1, 0.15) is 22.7 Å². The highest BCUT2D eigenvalue weighted by Gasteiger charge is 2.35. The van der Waals surface area contributed by atoms with E-state index in [-0.39, 0.29) is 26.7 Å². The lowest BCUT2D eigenvalue weighted by atomic mass is 10.1. The van der Waals surface area contributed by atoms with Crippen LogP contribution in [0.4, 0.5) is 17.6 Å². The highest BCUT2D eigenvalue weighted by molar-refractivity contribution is 6.35. The predicted octanol–water partition coefficient (Wildman–Crippen LogP) is 4.12. The number of hydrogen-bond donors (Lipinski definition) is 1. The van der Waals surface area contributed by atoms with Crippen LogP contribution in [-0.2, 0) is 19.6 Å². The van der Waals surface area contributed by atoms with E-state index in [1.54, 1.807) is 0 Å². The molecule has 2 aromatic carbocycles. The van der Waals surface area contributed by atoms with Crippen LogP contribution in [0.1, 0.15) is 22.6 Å². The molecular weight excluding hydrogens is 452 g/mol. The lowest BCUT2D eigenvalue weighted by molar-refractivity contribution is -0.144. The number of aryl methyl sites for hydroxylation is 1. The van der Waals surface area contributed by atoms with Gasteiger partial charge in [0.25, 0.3) is 5.56 Å². The van der Waals surface area contributed by atoms with Crippen LogP contribution in [0.5, 0.6) is 0 Å². The topological polar surface area (TPSA) is 72.7 Å². The molecule has 0 atom stereocenters. The van der Waals surface area contributed by atoms with Gasteiger partial charge in [0.05, 0.1) is 10.5 Å². The molecule has 2 heterocycles.